The van der Waals surface area contributed by atoms with E-state index in [1.165, 1.54) is 6.08 Å². The van der Waals surface area contributed by atoms with Crippen molar-refractivity contribution >= 4 is 40.0 Å². The van der Waals surface area contributed by atoms with Crippen molar-refractivity contribution in [2.45, 2.75) is 46.1 Å². The van der Waals surface area contributed by atoms with Crippen molar-refractivity contribution in [3.63, 3.8) is 0 Å². The first-order chi connectivity index (χ1) is 19.2. The number of aromatic amines is 1. The fraction of sp³-hybridized carbons (Fsp3) is 0.355. The largest absolute Gasteiger partial charge is 0.338 e. The molecule has 1 spiro atoms. The minimum absolute atomic E-state index is 0.00656. The van der Waals surface area contributed by atoms with Gasteiger partial charge in [0.1, 0.15) is 5.69 Å². The van der Waals surface area contributed by atoms with Gasteiger partial charge in [0, 0.05) is 65.4 Å². The van der Waals surface area contributed by atoms with E-state index in [-0.39, 0.29) is 23.3 Å². The number of nitrogens with zero attached hydrogens (tertiary/aromatic N) is 5. The van der Waals surface area contributed by atoms with Crippen molar-refractivity contribution < 1.29 is 9.59 Å². The minimum Gasteiger partial charge on any atom is -0.338 e. The van der Waals surface area contributed by atoms with Crippen molar-refractivity contribution in [1.82, 2.24) is 24.9 Å². The van der Waals surface area contributed by atoms with E-state index in [9.17, 15) is 9.59 Å². The number of hydrogen-bond donors (Lipinski definition) is 1. The van der Waals surface area contributed by atoms with Crippen LogP contribution in [0.15, 0.2) is 43.1 Å². The zero-order valence-electron chi connectivity index (χ0n) is 22.9. The molecule has 8 nitrogen and oxygen atoms in total. The van der Waals surface area contributed by atoms with Crippen LogP contribution in [0.2, 0.25) is 5.02 Å². The molecule has 1 saturated heterocycles. The second-order valence-electron chi connectivity index (χ2n) is 11.7. The van der Waals surface area contributed by atoms with Crippen LogP contribution in [0.25, 0.3) is 33.3 Å². The van der Waals surface area contributed by atoms with Gasteiger partial charge in [-0.15, -0.1) is 0 Å². The van der Waals surface area contributed by atoms with Crippen LogP contribution < -0.4 is 4.90 Å². The number of nitrogens with one attached hydrogen (secondary N) is 1. The van der Waals surface area contributed by atoms with Gasteiger partial charge in [0.15, 0.2) is 0 Å². The number of halogens is 1. The molecule has 2 fully saturated rings. The highest BCUT2D eigenvalue weighted by Gasteiger charge is 2.54. The van der Waals surface area contributed by atoms with Crippen molar-refractivity contribution in [3.8, 4) is 22.4 Å². The minimum atomic E-state index is 0.00656. The first-order valence-electron chi connectivity index (χ1n) is 13.7. The van der Waals surface area contributed by atoms with Crippen LogP contribution in [0.1, 0.15) is 42.6 Å². The Morgan fingerprint density at radius 2 is 1.95 bits per heavy atom. The van der Waals surface area contributed by atoms with Crippen molar-refractivity contribution in [1.29, 1.82) is 0 Å². The molecule has 1 aliphatic carbocycles. The lowest BCUT2D eigenvalue weighted by Gasteiger charge is -2.58. The van der Waals surface area contributed by atoms with Crippen LogP contribution in [-0.4, -0.2) is 56.3 Å². The van der Waals surface area contributed by atoms with Gasteiger partial charge in [-0.3, -0.25) is 19.4 Å². The molecular formula is C31H31ClN6O2. The summed E-state index contributed by atoms with van der Waals surface area (Å²) in [5.41, 5.74) is 9.12. The summed E-state index contributed by atoms with van der Waals surface area (Å²) in [7, 11) is 0. The first-order valence-corrected chi connectivity index (χ1v) is 14.1. The lowest BCUT2D eigenvalue weighted by Crippen LogP contribution is -2.63. The molecule has 0 unspecified atom stereocenters. The molecule has 0 bridgehead atoms. The highest BCUT2D eigenvalue weighted by Crippen LogP contribution is 2.55. The van der Waals surface area contributed by atoms with Gasteiger partial charge in [-0.25, -0.2) is 0 Å². The standard InChI is InChI=1S/C31H31ClN6O2/c1-5-26(40)36-15-31(16-36)12-22(13-31)38-18(3)27(28-23-14-33-34-24(23)10-17(2)29(28)32)30(35-38)21-6-7-25-20(11-21)8-9-37(25)19(4)39/h5-7,10-11,14,22H,1,8-9,12-13,15-16H2,2-4H3,(H,33,34). The van der Waals surface area contributed by atoms with E-state index in [0.717, 1.165) is 88.1 Å². The molecule has 1 N–H and O–H groups in total. The maximum atomic E-state index is 12.2. The normalized spacial score (nSPS) is 17.7. The molecular weight excluding hydrogens is 524 g/mol. The Bertz CT molecular complexity index is 1740. The number of aryl methyl sites for hydroxylation is 1. The number of carbonyl (C=O) groups is 2. The lowest BCUT2D eigenvalue weighted by molar-refractivity contribution is -0.149. The molecule has 204 valence electrons. The average Bonchev–Trinajstić information content (AvgIpc) is 3.60. The van der Waals surface area contributed by atoms with E-state index in [1.54, 1.807) is 6.92 Å². The summed E-state index contributed by atoms with van der Waals surface area (Å²) in [5, 5.41) is 14.4. The van der Waals surface area contributed by atoms with Gasteiger partial charge < -0.3 is 9.80 Å². The fourth-order valence-corrected chi connectivity index (χ4v) is 7.37. The Kier molecular flexibility index (Phi) is 5.52. The summed E-state index contributed by atoms with van der Waals surface area (Å²) in [4.78, 5) is 27.9. The number of H-pyrrole nitrogens is 1. The summed E-state index contributed by atoms with van der Waals surface area (Å²) in [6.45, 7) is 11.6. The smallest absolute Gasteiger partial charge is 0.245 e. The molecule has 2 amide bonds. The predicted molar refractivity (Wildman–Crippen MR) is 156 cm³/mol. The molecule has 1 saturated carbocycles. The Hall–Kier alpha value is -3.91. The van der Waals surface area contributed by atoms with E-state index in [4.69, 9.17) is 16.7 Å². The number of carbonyl (C=O) groups excluding carboxylic acids is 2. The van der Waals surface area contributed by atoms with Crippen molar-refractivity contribution in [3.05, 3.63) is 65.0 Å². The van der Waals surface area contributed by atoms with E-state index < -0.39 is 0 Å². The zero-order valence-corrected chi connectivity index (χ0v) is 23.7. The number of likely N-dealkylation sites (tertiary alicyclic amines) is 1. The SMILES string of the molecule is C=CC(=O)N1CC2(CC(n3nc(-c4ccc5c(c4)CCN5C(C)=O)c(-c4c(Cl)c(C)cc5[nH]ncc45)c3C)C2)C1. The number of anilines is 1. The quantitative estimate of drug-likeness (QED) is 0.332. The number of fused-ring (bicyclic) bond motifs is 2. The monoisotopic (exact) mass is 554 g/mol. The third kappa shape index (κ3) is 3.58. The molecule has 2 aliphatic heterocycles. The van der Waals surface area contributed by atoms with Gasteiger partial charge in [-0.05, 0) is 68.5 Å². The van der Waals surface area contributed by atoms with Crippen LogP contribution in [0.3, 0.4) is 0 Å². The third-order valence-corrected chi connectivity index (χ3v) is 9.60. The highest BCUT2D eigenvalue weighted by molar-refractivity contribution is 6.36. The summed E-state index contributed by atoms with van der Waals surface area (Å²) in [5.74, 6) is 0.0663. The van der Waals surface area contributed by atoms with Gasteiger partial charge in [-0.1, -0.05) is 24.2 Å². The van der Waals surface area contributed by atoms with Crippen molar-refractivity contribution in [2.24, 2.45) is 5.41 Å². The number of aromatic nitrogens is 4. The molecule has 9 heteroatoms. The van der Waals surface area contributed by atoms with Gasteiger partial charge in [-0.2, -0.15) is 10.2 Å². The molecule has 7 rings (SSSR count). The topological polar surface area (TPSA) is 87.1 Å². The van der Waals surface area contributed by atoms with Gasteiger partial charge in [0.25, 0.3) is 0 Å². The second-order valence-corrected chi connectivity index (χ2v) is 12.1. The molecule has 4 heterocycles. The van der Waals surface area contributed by atoms with Gasteiger partial charge in [0.05, 0.1) is 22.8 Å². The van der Waals surface area contributed by atoms with Gasteiger partial charge in [0.2, 0.25) is 11.8 Å². The number of benzene rings is 2. The van der Waals surface area contributed by atoms with E-state index in [2.05, 4.69) is 40.5 Å². The number of amides is 2. The van der Waals surface area contributed by atoms with Crippen LogP contribution in [0.4, 0.5) is 5.69 Å². The molecule has 3 aliphatic rings. The van der Waals surface area contributed by atoms with Crippen LogP contribution in [0, 0.1) is 19.3 Å². The maximum absolute atomic E-state index is 12.2. The van der Waals surface area contributed by atoms with E-state index in [0.29, 0.717) is 11.6 Å². The molecule has 4 aromatic rings. The first kappa shape index (κ1) is 25.1. The van der Waals surface area contributed by atoms with Crippen LogP contribution >= 0.6 is 11.6 Å². The number of hydrogen-bond acceptors (Lipinski definition) is 4. The molecule has 2 aromatic heterocycles. The lowest BCUT2D eigenvalue weighted by atomic mass is 9.60. The Labute approximate surface area is 237 Å². The summed E-state index contributed by atoms with van der Waals surface area (Å²) >= 11 is 7.05. The molecule has 0 radical (unpaired) electrons. The summed E-state index contributed by atoms with van der Waals surface area (Å²) in [6.07, 6.45) is 6.01. The molecule has 0 atom stereocenters. The summed E-state index contributed by atoms with van der Waals surface area (Å²) < 4.78 is 2.17. The number of rotatable bonds is 4. The van der Waals surface area contributed by atoms with Crippen molar-refractivity contribution in [2.75, 3.05) is 24.5 Å². The Morgan fingerprint density at radius 1 is 1.18 bits per heavy atom. The van der Waals surface area contributed by atoms with E-state index in [1.807, 2.05) is 35.1 Å². The second kappa shape index (κ2) is 8.80. The summed E-state index contributed by atoms with van der Waals surface area (Å²) in [6, 6.07) is 8.57. The predicted octanol–water partition coefficient (Wildman–Crippen LogP) is 5.62. The van der Waals surface area contributed by atoms with Crippen LogP contribution in [-0.2, 0) is 16.0 Å². The van der Waals surface area contributed by atoms with Gasteiger partial charge >= 0.3 is 0 Å². The third-order valence-electron chi connectivity index (χ3n) is 9.12. The Balaban J connectivity index is 1.34. The van der Waals surface area contributed by atoms with E-state index >= 15 is 0 Å². The highest BCUT2D eigenvalue weighted by atomic mass is 35.5. The Morgan fingerprint density at radius 3 is 2.67 bits per heavy atom. The fourth-order valence-electron chi connectivity index (χ4n) is 7.12. The zero-order chi connectivity index (χ0) is 27.9. The average molecular weight is 555 g/mol. The molecule has 2 aromatic carbocycles. The maximum Gasteiger partial charge on any atom is 0.245 e. The van der Waals surface area contributed by atoms with Crippen LogP contribution in [0.5, 0.6) is 0 Å². The molecule has 40 heavy (non-hydrogen) atoms.